The van der Waals surface area contributed by atoms with Gasteiger partial charge in [-0.2, -0.15) is 5.10 Å². The molecular weight excluding hydrogens is 506 g/mol. The lowest BCUT2D eigenvalue weighted by Gasteiger charge is -2.29. The monoisotopic (exact) mass is 535 g/mol. The summed E-state index contributed by atoms with van der Waals surface area (Å²) in [7, 11) is 0. The van der Waals surface area contributed by atoms with E-state index in [0.29, 0.717) is 30.4 Å². The Balaban J connectivity index is 1.30. The summed E-state index contributed by atoms with van der Waals surface area (Å²) in [6.07, 6.45) is 8.29. The van der Waals surface area contributed by atoms with E-state index in [2.05, 4.69) is 34.1 Å². The van der Waals surface area contributed by atoms with Crippen LogP contribution >= 0.6 is 11.6 Å². The third-order valence-electron chi connectivity index (χ3n) is 7.59. The Morgan fingerprint density at radius 2 is 1.67 bits per heavy atom. The van der Waals surface area contributed by atoms with Gasteiger partial charge in [0.2, 0.25) is 5.91 Å². The quantitative estimate of drug-likeness (QED) is 0.218. The number of nitrogens with zero attached hydrogens (tertiary/aromatic N) is 5. The van der Waals surface area contributed by atoms with Gasteiger partial charge < -0.3 is 4.90 Å². The lowest BCUT2D eigenvalue weighted by atomic mass is 10.0. The van der Waals surface area contributed by atoms with Crippen LogP contribution < -0.4 is 0 Å². The van der Waals surface area contributed by atoms with Crippen molar-refractivity contribution in [3.8, 4) is 22.8 Å². The molecule has 1 aliphatic rings. The lowest BCUT2D eigenvalue weighted by molar-refractivity contribution is -0.132. The maximum absolute atomic E-state index is 13.8. The smallest absolute Gasteiger partial charge is 0.227 e. The first-order chi connectivity index (χ1) is 19.2. The molecule has 0 spiro atoms. The van der Waals surface area contributed by atoms with Crippen molar-refractivity contribution < 1.29 is 4.79 Å². The molecule has 3 aromatic carbocycles. The highest BCUT2D eigenvalue weighted by atomic mass is 35.5. The van der Waals surface area contributed by atoms with Crippen LogP contribution in [0.3, 0.4) is 0 Å². The van der Waals surface area contributed by atoms with Gasteiger partial charge in [-0.15, -0.1) is 0 Å². The van der Waals surface area contributed by atoms with E-state index >= 15 is 0 Å². The third kappa shape index (κ3) is 5.43. The number of carbonyl (C=O) groups is 1. The first kappa shape index (κ1) is 25.3. The molecule has 1 aliphatic carbocycles. The molecule has 2 aromatic heterocycles. The number of hydrogen-bond donors (Lipinski definition) is 0. The Labute approximate surface area is 233 Å². The van der Waals surface area contributed by atoms with Gasteiger partial charge in [0, 0.05) is 36.1 Å². The summed E-state index contributed by atoms with van der Waals surface area (Å²) in [6, 6.07) is 26.2. The zero-order valence-electron chi connectivity index (χ0n) is 21.7. The van der Waals surface area contributed by atoms with Crippen molar-refractivity contribution in [2.24, 2.45) is 0 Å². The van der Waals surface area contributed by atoms with E-state index < -0.39 is 0 Å². The largest absolute Gasteiger partial charge is 0.338 e. The van der Waals surface area contributed by atoms with Crippen molar-refractivity contribution in [2.75, 3.05) is 6.54 Å². The fourth-order valence-corrected chi connectivity index (χ4v) is 5.83. The fourth-order valence-electron chi connectivity index (χ4n) is 5.61. The van der Waals surface area contributed by atoms with Gasteiger partial charge in [0.15, 0.2) is 11.6 Å². The highest BCUT2D eigenvalue weighted by molar-refractivity contribution is 6.33. The van der Waals surface area contributed by atoms with E-state index in [1.54, 1.807) is 12.4 Å². The second-order valence-corrected chi connectivity index (χ2v) is 10.4. The molecule has 6 nitrogen and oxygen atoms in total. The standard InChI is InChI=1S/C32H30ClN5O/c33-29-15-6-5-14-28(29)31-35-32(24-16-18-34-19-17-24)38(36-31)21-20-37(26-11-2-3-12-26)30(39)22-25-10-7-9-23-8-1-4-13-27(23)25/h1,4-10,13-19,26H,2-3,11-12,20-22H2. The average Bonchev–Trinajstić information content (AvgIpc) is 3.65. The van der Waals surface area contributed by atoms with Crippen molar-refractivity contribution in [3.63, 3.8) is 0 Å². The number of halogens is 1. The number of hydrogen-bond acceptors (Lipinski definition) is 4. The van der Waals surface area contributed by atoms with Crippen LogP contribution in [0, 0.1) is 0 Å². The number of benzene rings is 3. The van der Waals surface area contributed by atoms with Crippen LogP contribution in [0.15, 0.2) is 91.3 Å². The summed E-state index contributed by atoms with van der Waals surface area (Å²) >= 11 is 6.49. The van der Waals surface area contributed by atoms with Crippen LogP contribution in [-0.2, 0) is 17.8 Å². The first-order valence-electron chi connectivity index (χ1n) is 13.5. The molecule has 2 heterocycles. The van der Waals surface area contributed by atoms with Crippen LogP contribution in [-0.4, -0.2) is 43.1 Å². The maximum atomic E-state index is 13.8. The van der Waals surface area contributed by atoms with Gasteiger partial charge in [-0.25, -0.2) is 9.67 Å². The predicted octanol–water partition coefficient (Wildman–Crippen LogP) is 6.83. The van der Waals surface area contributed by atoms with Crippen LogP contribution in [0.1, 0.15) is 31.2 Å². The molecule has 1 fully saturated rings. The maximum Gasteiger partial charge on any atom is 0.227 e. The first-order valence-corrected chi connectivity index (χ1v) is 13.9. The predicted molar refractivity (Wildman–Crippen MR) is 155 cm³/mol. The molecule has 1 amide bonds. The Bertz CT molecular complexity index is 1590. The molecule has 0 aliphatic heterocycles. The number of carbonyl (C=O) groups excluding carboxylic acids is 1. The normalized spacial score (nSPS) is 13.7. The summed E-state index contributed by atoms with van der Waals surface area (Å²) in [5.74, 6) is 1.47. The van der Waals surface area contributed by atoms with Gasteiger partial charge in [0.25, 0.3) is 0 Å². The highest BCUT2D eigenvalue weighted by Crippen LogP contribution is 2.29. The molecule has 0 atom stereocenters. The summed E-state index contributed by atoms with van der Waals surface area (Å²) in [4.78, 5) is 25.0. The van der Waals surface area contributed by atoms with Crippen molar-refractivity contribution in [1.82, 2.24) is 24.6 Å². The Kier molecular flexibility index (Phi) is 7.37. The van der Waals surface area contributed by atoms with E-state index in [4.69, 9.17) is 21.7 Å². The Morgan fingerprint density at radius 3 is 2.49 bits per heavy atom. The zero-order chi connectivity index (χ0) is 26.6. The van der Waals surface area contributed by atoms with Gasteiger partial charge >= 0.3 is 0 Å². The van der Waals surface area contributed by atoms with Crippen molar-refractivity contribution >= 4 is 28.3 Å². The van der Waals surface area contributed by atoms with Gasteiger partial charge in [0.05, 0.1) is 18.0 Å². The Hall–Kier alpha value is -4.03. The molecular formula is C32H30ClN5O. The van der Waals surface area contributed by atoms with Gasteiger partial charge in [-0.05, 0) is 53.4 Å². The molecule has 196 valence electrons. The third-order valence-corrected chi connectivity index (χ3v) is 7.91. The lowest BCUT2D eigenvalue weighted by Crippen LogP contribution is -2.42. The summed E-state index contributed by atoms with van der Waals surface area (Å²) in [6.45, 7) is 1.10. The van der Waals surface area contributed by atoms with Crippen molar-refractivity contribution in [1.29, 1.82) is 0 Å². The molecule has 0 bridgehead atoms. The van der Waals surface area contributed by atoms with Gasteiger partial charge in [0.1, 0.15) is 0 Å². The molecule has 0 saturated heterocycles. The minimum Gasteiger partial charge on any atom is -0.338 e. The van der Waals surface area contributed by atoms with Crippen LogP contribution in [0.5, 0.6) is 0 Å². The second-order valence-electron chi connectivity index (χ2n) is 10.0. The van der Waals surface area contributed by atoms with E-state index in [9.17, 15) is 4.79 Å². The van der Waals surface area contributed by atoms with Crippen molar-refractivity contribution in [2.45, 2.75) is 44.7 Å². The van der Waals surface area contributed by atoms with Crippen molar-refractivity contribution in [3.05, 3.63) is 102 Å². The topological polar surface area (TPSA) is 63.9 Å². The summed E-state index contributed by atoms with van der Waals surface area (Å²) in [5, 5.41) is 7.77. The van der Waals surface area contributed by atoms with E-state index in [1.807, 2.05) is 59.3 Å². The SMILES string of the molecule is O=C(Cc1cccc2ccccc12)N(CCn1nc(-c2ccccc2Cl)nc1-c1ccncc1)C1CCCC1. The number of amides is 1. The van der Waals surface area contributed by atoms with Crippen LogP contribution in [0.2, 0.25) is 5.02 Å². The molecule has 1 saturated carbocycles. The van der Waals surface area contributed by atoms with Gasteiger partial charge in [-0.1, -0.05) is 79.0 Å². The number of fused-ring (bicyclic) bond motifs is 1. The number of rotatable bonds is 8. The minimum atomic E-state index is 0.162. The second kappa shape index (κ2) is 11.4. The molecule has 0 radical (unpaired) electrons. The molecule has 39 heavy (non-hydrogen) atoms. The average molecular weight is 536 g/mol. The van der Waals surface area contributed by atoms with Crippen LogP contribution in [0.4, 0.5) is 0 Å². The summed E-state index contributed by atoms with van der Waals surface area (Å²) in [5.41, 5.74) is 2.78. The summed E-state index contributed by atoms with van der Waals surface area (Å²) < 4.78 is 1.90. The highest BCUT2D eigenvalue weighted by Gasteiger charge is 2.27. The molecule has 0 unspecified atom stereocenters. The fraction of sp³-hybridized carbons (Fsp3) is 0.250. The van der Waals surface area contributed by atoms with Crippen LogP contribution in [0.25, 0.3) is 33.5 Å². The van der Waals surface area contributed by atoms with E-state index in [1.165, 1.54) is 0 Å². The molecule has 6 rings (SSSR count). The van der Waals surface area contributed by atoms with Gasteiger partial charge in [-0.3, -0.25) is 9.78 Å². The molecule has 5 aromatic rings. The van der Waals surface area contributed by atoms with E-state index in [0.717, 1.165) is 59.0 Å². The molecule has 0 N–H and O–H groups in total. The number of pyridine rings is 1. The minimum absolute atomic E-state index is 0.162. The Morgan fingerprint density at radius 1 is 0.923 bits per heavy atom. The number of aromatic nitrogens is 4. The molecule has 7 heteroatoms. The zero-order valence-corrected chi connectivity index (χ0v) is 22.5. The van der Waals surface area contributed by atoms with E-state index in [-0.39, 0.29) is 11.9 Å².